The Bertz CT molecular complexity index is 410. The fourth-order valence-electron chi connectivity index (χ4n) is 2.03. The summed E-state index contributed by atoms with van der Waals surface area (Å²) in [5.74, 6) is 2.05. The van der Waals surface area contributed by atoms with Crippen molar-refractivity contribution < 1.29 is 4.74 Å². The van der Waals surface area contributed by atoms with Crippen LogP contribution in [0, 0.1) is 12.8 Å². The molecule has 2 nitrogen and oxygen atoms in total. The number of benzene rings is 1. The van der Waals surface area contributed by atoms with Crippen LogP contribution in [0.15, 0.2) is 18.2 Å². The molecule has 1 N–H and O–H groups in total. The quantitative estimate of drug-likeness (QED) is 0.791. The molecule has 1 rings (SSSR count). The molecule has 0 spiro atoms. The molecule has 0 aliphatic rings. The van der Waals surface area contributed by atoms with E-state index in [1.54, 1.807) is 0 Å². The summed E-state index contributed by atoms with van der Waals surface area (Å²) in [6.07, 6.45) is 0.207. The van der Waals surface area contributed by atoms with Crippen LogP contribution < -0.4 is 10.1 Å². The van der Waals surface area contributed by atoms with Crippen molar-refractivity contribution in [1.82, 2.24) is 5.32 Å². The molecular formula is C18H31NO. The van der Waals surface area contributed by atoms with E-state index in [2.05, 4.69) is 72.0 Å². The van der Waals surface area contributed by atoms with E-state index < -0.39 is 0 Å². The van der Waals surface area contributed by atoms with Gasteiger partial charge in [0.2, 0.25) is 0 Å². The van der Waals surface area contributed by atoms with Crippen molar-refractivity contribution in [2.45, 2.75) is 66.5 Å². The number of ether oxygens (including phenoxy) is 1. The molecule has 1 atom stereocenters. The van der Waals surface area contributed by atoms with Crippen LogP contribution in [0.25, 0.3) is 0 Å². The summed E-state index contributed by atoms with van der Waals surface area (Å²) in [5.41, 5.74) is 2.55. The maximum Gasteiger partial charge on any atom is 0.122 e. The molecule has 0 saturated heterocycles. The zero-order valence-corrected chi connectivity index (χ0v) is 14.2. The van der Waals surface area contributed by atoms with Gasteiger partial charge in [0.25, 0.3) is 0 Å². The maximum atomic E-state index is 6.29. The number of nitrogens with one attached hydrogen (secondary N) is 1. The van der Waals surface area contributed by atoms with Crippen molar-refractivity contribution in [1.29, 1.82) is 0 Å². The highest BCUT2D eigenvalue weighted by atomic mass is 16.5. The van der Waals surface area contributed by atoms with E-state index in [0.29, 0.717) is 17.9 Å². The molecule has 0 bridgehead atoms. The topological polar surface area (TPSA) is 21.3 Å². The van der Waals surface area contributed by atoms with Crippen molar-refractivity contribution in [3.05, 3.63) is 29.3 Å². The largest absolute Gasteiger partial charge is 0.489 e. The lowest BCUT2D eigenvalue weighted by molar-refractivity contribution is 0.145. The van der Waals surface area contributed by atoms with Gasteiger partial charge in [-0.2, -0.15) is 0 Å². The Morgan fingerprint density at radius 1 is 1.05 bits per heavy atom. The van der Waals surface area contributed by atoms with Crippen LogP contribution in [0.3, 0.4) is 0 Å². The van der Waals surface area contributed by atoms with Crippen molar-refractivity contribution in [2.24, 2.45) is 5.92 Å². The van der Waals surface area contributed by atoms with Gasteiger partial charge >= 0.3 is 0 Å². The van der Waals surface area contributed by atoms with Gasteiger partial charge in [-0.15, -0.1) is 0 Å². The van der Waals surface area contributed by atoms with Crippen LogP contribution in [0.1, 0.15) is 58.6 Å². The second-order valence-electron chi connectivity index (χ2n) is 6.64. The predicted molar refractivity (Wildman–Crippen MR) is 87.7 cm³/mol. The molecule has 1 aromatic rings. The number of rotatable bonds is 7. The molecule has 0 aliphatic heterocycles. The van der Waals surface area contributed by atoms with Gasteiger partial charge in [-0.05, 0) is 36.0 Å². The first-order valence-corrected chi connectivity index (χ1v) is 7.81. The van der Waals surface area contributed by atoms with Crippen LogP contribution in [-0.2, 0) is 0 Å². The summed E-state index contributed by atoms with van der Waals surface area (Å²) >= 11 is 0. The first-order valence-electron chi connectivity index (χ1n) is 7.81. The molecule has 1 aromatic carbocycles. The fourth-order valence-corrected chi connectivity index (χ4v) is 2.03. The van der Waals surface area contributed by atoms with E-state index in [0.717, 1.165) is 12.3 Å². The molecular weight excluding hydrogens is 246 g/mol. The van der Waals surface area contributed by atoms with E-state index >= 15 is 0 Å². The predicted octanol–water partition coefficient (Wildman–Crippen LogP) is 4.52. The van der Waals surface area contributed by atoms with Gasteiger partial charge < -0.3 is 10.1 Å². The number of hydrogen-bond donors (Lipinski definition) is 1. The minimum absolute atomic E-state index is 0.207. The van der Waals surface area contributed by atoms with Crippen molar-refractivity contribution in [2.75, 3.05) is 6.54 Å². The summed E-state index contributed by atoms with van der Waals surface area (Å²) < 4.78 is 6.29. The summed E-state index contributed by atoms with van der Waals surface area (Å²) in [4.78, 5) is 0. The lowest BCUT2D eigenvalue weighted by atomic mass is 10.0. The van der Waals surface area contributed by atoms with Gasteiger partial charge in [0.05, 0.1) is 0 Å². The lowest BCUT2D eigenvalue weighted by Crippen LogP contribution is -2.38. The molecule has 0 aliphatic carbocycles. The Labute approximate surface area is 124 Å². The van der Waals surface area contributed by atoms with Crippen molar-refractivity contribution >= 4 is 0 Å². The Kier molecular flexibility index (Phi) is 6.54. The third kappa shape index (κ3) is 5.16. The minimum atomic E-state index is 0.207. The molecule has 20 heavy (non-hydrogen) atoms. The summed E-state index contributed by atoms with van der Waals surface area (Å²) in [6.45, 7) is 16.2. The van der Waals surface area contributed by atoms with Crippen molar-refractivity contribution in [3.63, 3.8) is 0 Å². The molecule has 0 amide bonds. The van der Waals surface area contributed by atoms with Gasteiger partial charge in [-0.1, -0.05) is 53.7 Å². The average Bonchev–Trinajstić information content (AvgIpc) is 2.35. The normalized spacial score (nSPS) is 13.3. The molecule has 0 fully saturated rings. The van der Waals surface area contributed by atoms with Gasteiger partial charge in [-0.25, -0.2) is 0 Å². The van der Waals surface area contributed by atoms with Gasteiger partial charge in [0.1, 0.15) is 11.9 Å². The highest BCUT2D eigenvalue weighted by Crippen LogP contribution is 2.26. The van der Waals surface area contributed by atoms with Crippen LogP contribution in [-0.4, -0.2) is 18.7 Å². The molecule has 1 unspecified atom stereocenters. The van der Waals surface area contributed by atoms with Crippen LogP contribution >= 0.6 is 0 Å². The molecule has 2 heteroatoms. The lowest BCUT2D eigenvalue weighted by Gasteiger charge is -2.25. The highest BCUT2D eigenvalue weighted by molar-refractivity contribution is 5.38. The SMILES string of the molecule is Cc1ccc(C(C)C)cc1OC(CNC(C)C)C(C)C. The van der Waals surface area contributed by atoms with Gasteiger partial charge in [0, 0.05) is 12.6 Å². The summed E-state index contributed by atoms with van der Waals surface area (Å²) in [5, 5.41) is 3.48. The third-order valence-electron chi connectivity index (χ3n) is 3.63. The molecule has 114 valence electrons. The number of hydrogen-bond acceptors (Lipinski definition) is 2. The molecule has 0 aromatic heterocycles. The second kappa shape index (κ2) is 7.68. The standard InChI is InChI=1S/C18H31NO/c1-12(2)16-9-8-15(7)17(10-16)20-18(13(3)4)11-19-14(5)6/h8-10,12-14,18-19H,11H2,1-7H3. The van der Waals surface area contributed by atoms with Gasteiger partial charge in [0.15, 0.2) is 0 Å². The maximum absolute atomic E-state index is 6.29. The fraction of sp³-hybridized carbons (Fsp3) is 0.667. The van der Waals surface area contributed by atoms with Crippen LogP contribution in [0.5, 0.6) is 5.75 Å². The van der Waals surface area contributed by atoms with Crippen LogP contribution in [0.4, 0.5) is 0 Å². The number of aryl methyl sites for hydroxylation is 1. The van der Waals surface area contributed by atoms with Crippen molar-refractivity contribution in [3.8, 4) is 5.75 Å². The Morgan fingerprint density at radius 3 is 2.20 bits per heavy atom. The molecule has 0 heterocycles. The zero-order chi connectivity index (χ0) is 15.3. The third-order valence-corrected chi connectivity index (χ3v) is 3.63. The van der Waals surface area contributed by atoms with E-state index in [4.69, 9.17) is 4.74 Å². The first-order chi connectivity index (χ1) is 9.31. The summed E-state index contributed by atoms with van der Waals surface area (Å²) in [7, 11) is 0. The van der Waals surface area contributed by atoms with E-state index in [1.807, 2.05) is 0 Å². The highest BCUT2D eigenvalue weighted by Gasteiger charge is 2.17. The molecule has 0 saturated carbocycles. The Morgan fingerprint density at radius 2 is 1.70 bits per heavy atom. The average molecular weight is 277 g/mol. The van der Waals surface area contributed by atoms with Gasteiger partial charge in [-0.3, -0.25) is 0 Å². The summed E-state index contributed by atoms with van der Waals surface area (Å²) in [6, 6.07) is 7.05. The monoisotopic (exact) mass is 277 g/mol. The van der Waals surface area contributed by atoms with Crippen LogP contribution in [0.2, 0.25) is 0 Å². The second-order valence-corrected chi connectivity index (χ2v) is 6.64. The van der Waals surface area contributed by atoms with E-state index in [-0.39, 0.29) is 6.10 Å². The first kappa shape index (κ1) is 17.0. The van der Waals surface area contributed by atoms with E-state index in [9.17, 15) is 0 Å². The molecule has 0 radical (unpaired) electrons. The minimum Gasteiger partial charge on any atom is -0.489 e. The smallest absolute Gasteiger partial charge is 0.122 e. The zero-order valence-electron chi connectivity index (χ0n) is 14.2. The Balaban J connectivity index is 2.84. The van der Waals surface area contributed by atoms with E-state index in [1.165, 1.54) is 11.1 Å². The Hall–Kier alpha value is -1.02.